The molecule has 5 nitrogen and oxygen atoms in total. The number of fused-ring (bicyclic) bond motifs is 4. The topological polar surface area (TPSA) is 57.5 Å². The van der Waals surface area contributed by atoms with Gasteiger partial charge in [-0.05, 0) is 71.8 Å². The second-order valence-corrected chi connectivity index (χ2v) is 9.35. The lowest BCUT2D eigenvalue weighted by Crippen LogP contribution is -2.46. The number of nitrogens with zero attached hydrogens (tertiary/aromatic N) is 1. The predicted octanol–water partition coefficient (Wildman–Crippen LogP) is 5.47. The molecule has 5 rings (SSSR count). The summed E-state index contributed by atoms with van der Waals surface area (Å²) in [6.45, 7) is 2.47. The fourth-order valence-corrected chi connectivity index (χ4v) is 5.22. The monoisotopic (exact) mass is 493 g/mol. The molecule has 0 N–H and O–H groups in total. The number of benzene rings is 2. The van der Waals surface area contributed by atoms with Crippen molar-refractivity contribution in [2.75, 3.05) is 6.61 Å². The molecule has 0 unspecified atom stereocenters. The van der Waals surface area contributed by atoms with Crippen molar-refractivity contribution in [2.24, 2.45) is 0 Å². The molecule has 2 aromatic carbocycles. The van der Waals surface area contributed by atoms with Crippen LogP contribution < -0.4 is 10.2 Å². The number of carbonyl (C=O) groups is 1. The van der Waals surface area contributed by atoms with Gasteiger partial charge in [0.15, 0.2) is 5.43 Å². The minimum absolute atomic E-state index is 0.104. The second kappa shape index (κ2) is 8.24. The van der Waals surface area contributed by atoms with E-state index < -0.39 is 5.97 Å². The highest BCUT2D eigenvalue weighted by molar-refractivity contribution is 9.10. The third-order valence-corrected chi connectivity index (χ3v) is 7.15. The second-order valence-electron chi connectivity index (χ2n) is 8.50. The van der Waals surface area contributed by atoms with Crippen molar-refractivity contribution in [3.63, 3.8) is 0 Å². The van der Waals surface area contributed by atoms with Gasteiger partial charge in [0.25, 0.3) is 0 Å². The molecular formula is C26H24BrNO4. The Morgan fingerprint density at radius 3 is 2.62 bits per heavy atom. The smallest absolute Gasteiger partial charge is 0.343 e. The van der Waals surface area contributed by atoms with Gasteiger partial charge in [-0.15, -0.1) is 0 Å². The molecule has 3 aromatic rings. The van der Waals surface area contributed by atoms with Crippen molar-refractivity contribution >= 4 is 21.9 Å². The molecule has 1 aliphatic heterocycles. The zero-order chi connectivity index (χ0) is 22.3. The van der Waals surface area contributed by atoms with E-state index in [1.54, 1.807) is 19.2 Å². The van der Waals surface area contributed by atoms with Crippen LogP contribution >= 0.6 is 15.9 Å². The van der Waals surface area contributed by atoms with E-state index in [4.69, 9.17) is 9.47 Å². The molecule has 2 aliphatic rings. The van der Waals surface area contributed by atoms with Crippen LogP contribution in [0.25, 0.3) is 11.3 Å². The van der Waals surface area contributed by atoms with Crippen molar-refractivity contribution in [1.29, 1.82) is 0 Å². The van der Waals surface area contributed by atoms with Gasteiger partial charge in [-0.3, -0.25) is 4.79 Å². The van der Waals surface area contributed by atoms with Crippen LogP contribution in [0, 0.1) is 0 Å². The van der Waals surface area contributed by atoms with Crippen molar-refractivity contribution in [3.05, 3.63) is 86.1 Å². The van der Waals surface area contributed by atoms with E-state index in [0.717, 1.165) is 52.7 Å². The first-order valence-electron chi connectivity index (χ1n) is 10.9. The van der Waals surface area contributed by atoms with Crippen LogP contribution in [0.5, 0.6) is 5.75 Å². The number of aromatic nitrogens is 1. The van der Waals surface area contributed by atoms with Crippen LogP contribution in [0.4, 0.5) is 0 Å². The molecule has 0 saturated heterocycles. The predicted molar refractivity (Wildman–Crippen MR) is 126 cm³/mol. The Morgan fingerprint density at radius 1 is 1.16 bits per heavy atom. The molecule has 0 amide bonds. The molecule has 1 aromatic heterocycles. The van der Waals surface area contributed by atoms with Gasteiger partial charge in [-0.1, -0.05) is 30.3 Å². The fraction of sp³-hybridized carbons (Fsp3) is 0.308. The summed E-state index contributed by atoms with van der Waals surface area (Å²) in [4.78, 5) is 25.1. The van der Waals surface area contributed by atoms with Crippen molar-refractivity contribution < 1.29 is 14.3 Å². The first-order chi connectivity index (χ1) is 15.5. The van der Waals surface area contributed by atoms with Crippen molar-refractivity contribution in [2.45, 2.75) is 44.8 Å². The molecule has 6 heteroatoms. The normalized spacial score (nSPS) is 15.4. The Kier molecular flexibility index (Phi) is 5.41. The Hall–Kier alpha value is -2.86. The van der Waals surface area contributed by atoms with E-state index in [2.05, 4.69) is 26.6 Å². The molecule has 32 heavy (non-hydrogen) atoms. The summed E-state index contributed by atoms with van der Waals surface area (Å²) in [5, 5.41) is 0. The Bertz CT molecular complexity index is 1240. The zero-order valence-electron chi connectivity index (χ0n) is 17.9. The summed E-state index contributed by atoms with van der Waals surface area (Å²) in [6.07, 6.45) is 5.71. The maximum atomic E-state index is 12.8. The van der Waals surface area contributed by atoms with Gasteiger partial charge >= 0.3 is 5.97 Å². The van der Waals surface area contributed by atoms with Gasteiger partial charge in [0.2, 0.25) is 0 Å². The fourth-order valence-electron chi connectivity index (χ4n) is 4.76. The molecule has 164 valence electrons. The highest BCUT2D eigenvalue weighted by atomic mass is 79.9. The quantitative estimate of drug-likeness (QED) is 0.442. The number of carbonyl (C=O) groups excluding carboxylic acids is 1. The van der Waals surface area contributed by atoms with Crippen LogP contribution in [0.3, 0.4) is 0 Å². The standard InChI is InChI=1S/C26H24BrNO4/c1-2-31-25(30)20-15-28-22(13-23(20)29)19-12-21(27)24(32-16-17-7-4-3-5-8-17)11-18(19)14-26(28)9-6-10-26/h3-5,7-8,11-13,15H,2,6,9-10,14,16H2,1H3. The van der Waals surface area contributed by atoms with Crippen molar-refractivity contribution in [1.82, 2.24) is 4.57 Å². The summed E-state index contributed by atoms with van der Waals surface area (Å²) in [6, 6.07) is 15.8. The minimum Gasteiger partial charge on any atom is -0.488 e. The van der Waals surface area contributed by atoms with E-state index in [1.165, 1.54) is 5.56 Å². The van der Waals surface area contributed by atoms with E-state index in [1.807, 2.05) is 36.4 Å². The minimum atomic E-state index is -0.557. The largest absolute Gasteiger partial charge is 0.488 e. The third kappa shape index (κ3) is 3.56. The van der Waals surface area contributed by atoms with Crippen molar-refractivity contribution in [3.8, 4) is 17.0 Å². The number of halogens is 1. The number of esters is 1. The number of pyridine rings is 1. The van der Waals surface area contributed by atoms with Crippen LogP contribution in [0.2, 0.25) is 0 Å². The third-order valence-electron chi connectivity index (χ3n) is 6.53. The van der Waals surface area contributed by atoms with Gasteiger partial charge in [-0.2, -0.15) is 0 Å². The molecular weight excluding hydrogens is 470 g/mol. The first kappa shape index (κ1) is 21.0. The van der Waals surface area contributed by atoms with E-state index in [9.17, 15) is 9.59 Å². The Labute approximate surface area is 195 Å². The molecule has 0 bridgehead atoms. The van der Waals surface area contributed by atoms with E-state index in [0.29, 0.717) is 6.61 Å². The van der Waals surface area contributed by atoms with Gasteiger partial charge < -0.3 is 14.0 Å². The lowest BCUT2D eigenvalue weighted by molar-refractivity contribution is 0.0521. The summed E-state index contributed by atoms with van der Waals surface area (Å²) in [5.74, 6) is 0.236. The Balaban J connectivity index is 1.56. The number of hydrogen-bond acceptors (Lipinski definition) is 4. The molecule has 0 radical (unpaired) electrons. The summed E-state index contributed by atoms with van der Waals surface area (Å²) < 4.78 is 14.2. The summed E-state index contributed by atoms with van der Waals surface area (Å²) >= 11 is 3.65. The molecule has 2 heterocycles. The van der Waals surface area contributed by atoms with Crippen LogP contribution in [0.15, 0.2) is 64.0 Å². The lowest BCUT2D eigenvalue weighted by Gasteiger charge is -2.48. The van der Waals surface area contributed by atoms with E-state index >= 15 is 0 Å². The maximum absolute atomic E-state index is 12.8. The highest BCUT2D eigenvalue weighted by Gasteiger charge is 2.43. The van der Waals surface area contributed by atoms with Crippen LogP contribution in [0.1, 0.15) is 47.7 Å². The number of rotatable bonds is 5. The molecule has 1 fully saturated rings. The number of ether oxygens (including phenoxy) is 2. The zero-order valence-corrected chi connectivity index (χ0v) is 19.5. The Morgan fingerprint density at radius 2 is 1.94 bits per heavy atom. The van der Waals surface area contributed by atoms with Crippen LogP contribution in [-0.4, -0.2) is 17.1 Å². The van der Waals surface area contributed by atoms with Crippen LogP contribution in [-0.2, 0) is 23.3 Å². The van der Waals surface area contributed by atoms with Gasteiger partial charge in [0, 0.05) is 23.4 Å². The average Bonchev–Trinajstić information content (AvgIpc) is 2.77. The molecule has 1 saturated carbocycles. The average molecular weight is 494 g/mol. The number of hydrogen-bond donors (Lipinski definition) is 0. The molecule has 1 spiro atoms. The van der Waals surface area contributed by atoms with E-state index in [-0.39, 0.29) is 23.1 Å². The van der Waals surface area contributed by atoms with Gasteiger partial charge in [0.05, 0.1) is 16.8 Å². The molecule has 0 atom stereocenters. The maximum Gasteiger partial charge on any atom is 0.343 e. The SMILES string of the molecule is CCOC(=O)c1cn2c(cc1=O)-c1cc(Br)c(OCc3ccccc3)cc1CC21CCC1. The van der Waals surface area contributed by atoms with Gasteiger partial charge in [0.1, 0.15) is 17.9 Å². The first-order valence-corrected chi connectivity index (χ1v) is 11.7. The summed E-state index contributed by atoms with van der Waals surface area (Å²) in [7, 11) is 0. The molecule has 1 aliphatic carbocycles. The lowest BCUT2D eigenvalue weighted by atomic mass is 9.69. The summed E-state index contributed by atoms with van der Waals surface area (Å²) in [5.41, 5.74) is 3.80. The highest BCUT2D eigenvalue weighted by Crippen LogP contribution is 2.50. The van der Waals surface area contributed by atoms with Gasteiger partial charge in [-0.25, -0.2) is 4.79 Å².